The SMILES string of the molecule is COc1ccc(CNc2c(C)cc(Cl)nc2Cl)cn1. The number of anilines is 1. The maximum absolute atomic E-state index is 6.06. The van der Waals surface area contributed by atoms with Crippen molar-refractivity contribution in [2.24, 2.45) is 0 Å². The van der Waals surface area contributed by atoms with Gasteiger partial charge in [-0.2, -0.15) is 0 Å². The Morgan fingerprint density at radius 2 is 2.11 bits per heavy atom. The molecule has 0 saturated heterocycles. The number of ether oxygens (including phenoxy) is 1. The van der Waals surface area contributed by atoms with Crippen molar-refractivity contribution < 1.29 is 4.74 Å². The molecule has 4 nitrogen and oxygen atoms in total. The summed E-state index contributed by atoms with van der Waals surface area (Å²) in [6, 6.07) is 5.51. The third-order valence-corrected chi connectivity index (χ3v) is 3.08. The Balaban J connectivity index is 2.10. The van der Waals surface area contributed by atoms with Gasteiger partial charge in [-0.3, -0.25) is 0 Å². The summed E-state index contributed by atoms with van der Waals surface area (Å²) in [4.78, 5) is 8.14. The van der Waals surface area contributed by atoms with Crippen molar-refractivity contribution in [2.45, 2.75) is 13.5 Å². The second-order valence-electron chi connectivity index (χ2n) is 3.99. The van der Waals surface area contributed by atoms with Gasteiger partial charge in [-0.1, -0.05) is 29.3 Å². The number of aromatic nitrogens is 2. The van der Waals surface area contributed by atoms with Crippen LogP contribution in [0.2, 0.25) is 10.3 Å². The summed E-state index contributed by atoms with van der Waals surface area (Å²) in [6.45, 7) is 2.52. The lowest BCUT2D eigenvalue weighted by molar-refractivity contribution is 0.397. The molecule has 0 aliphatic heterocycles. The van der Waals surface area contributed by atoms with E-state index in [0.29, 0.717) is 22.7 Å². The number of halogens is 2. The number of rotatable bonds is 4. The fraction of sp³-hybridized carbons (Fsp3) is 0.231. The summed E-state index contributed by atoms with van der Waals surface area (Å²) < 4.78 is 5.01. The van der Waals surface area contributed by atoms with Crippen molar-refractivity contribution in [3.8, 4) is 5.88 Å². The van der Waals surface area contributed by atoms with Crippen molar-refractivity contribution in [3.05, 3.63) is 45.8 Å². The number of hydrogen-bond donors (Lipinski definition) is 1. The zero-order valence-electron chi connectivity index (χ0n) is 10.6. The van der Waals surface area contributed by atoms with Gasteiger partial charge in [-0.25, -0.2) is 9.97 Å². The Kier molecular flexibility index (Phi) is 4.45. The van der Waals surface area contributed by atoms with E-state index >= 15 is 0 Å². The number of methoxy groups -OCH3 is 1. The summed E-state index contributed by atoms with van der Waals surface area (Å²) in [5.74, 6) is 0.589. The standard InChI is InChI=1S/C13H13Cl2N3O/c1-8-5-10(14)18-13(15)12(8)17-7-9-3-4-11(19-2)16-6-9/h3-6,17H,7H2,1-2H3. The number of hydrogen-bond acceptors (Lipinski definition) is 4. The molecule has 0 unspecified atom stereocenters. The second kappa shape index (κ2) is 6.08. The van der Waals surface area contributed by atoms with Crippen LogP contribution in [0.3, 0.4) is 0 Å². The van der Waals surface area contributed by atoms with Crippen LogP contribution in [-0.4, -0.2) is 17.1 Å². The molecule has 0 aromatic carbocycles. The van der Waals surface area contributed by atoms with Gasteiger partial charge in [0.1, 0.15) is 5.15 Å². The smallest absolute Gasteiger partial charge is 0.212 e. The molecule has 2 aromatic heterocycles. The van der Waals surface area contributed by atoms with Crippen LogP contribution in [0.25, 0.3) is 0 Å². The Labute approximate surface area is 121 Å². The molecule has 0 fully saturated rings. The highest BCUT2D eigenvalue weighted by atomic mass is 35.5. The summed E-state index contributed by atoms with van der Waals surface area (Å²) in [5.41, 5.74) is 2.75. The van der Waals surface area contributed by atoms with Gasteiger partial charge in [0, 0.05) is 18.8 Å². The first-order valence-electron chi connectivity index (χ1n) is 5.65. The molecule has 0 atom stereocenters. The first-order valence-corrected chi connectivity index (χ1v) is 6.41. The molecule has 2 aromatic rings. The van der Waals surface area contributed by atoms with E-state index in [4.69, 9.17) is 27.9 Å². The Morgan fingerprint density at radius 1 is 1.32 bits per heavy atom. The predicted molar refractivity (Wildman–Crippen MR) is 77.1 cm³/mol. The van der Waals surface area contributed by atoms with Crippen LogP contribution < -0.4 is 10.1 Å². The van der Waals surface area contributed by atoms with E-state index in [1.807, 2.05) is 19.1 Å². The third-order valence-electron chi connectivity index (χ3n) is 2.62. The molecule has 0 spiro atoms. The fourth-order valence-electron chi connectivity index (χ4n) is 1.63. The van der Waals surface area contributed by atoms with Gasteiger partial charge in [0.2, 0.25) is 5.88 Å². The minimum atomic E-state index is 0.367. The average Bonchev–Trinajstić information content (AvgIpc) is 2.38. The minimum Gasteiger partial charge on any atom is -0.481 e. The minimum absolute atomic E-state index is 0.367. The molecular weight excluding hydrogens is 285 g/mol. The van der Waals surface area contributed by atoms with Crippen LogP contribution >= 0.6 is 23.2 Å². The molecule has 2 heterocycles. The maximum Gasteiger partial charge on any atom is 0.212 e. The van der Waals surface area contributed by atoms with Crippen LogP contribution in [0.4, 0.5) is 5.69 Å². The zero-order chi connectivity index (χ0) is 13.8. The summed E-state index contributed by atoms with van der Waals surface area (Å²) in [6.07, 6.45) is 1.75. The molecule has 0 amide bonds. The van der Waals surface area contributed by atoms with Gasteiger partial charge in [0.25, 0.3) is 0 Å². The zero-order valence-corrected chi connectivity index (χ0v) is 12.1. The normalized spacial score (nSPS) is 10.3. The quantitative estimate of drug-likeness (QED) is 0.874. The molecule has 0 aliphatic rings. The molecule has 0 aliphatic carbocycles. The second-order valence-corrected chi connectivity index (χ2v) is 4.74. The molecule has 2 rings (SSSR count). The number of nitrogens with one attached hydrogen (secondary N) is 1. The highest BCUT2D eigenvalue weighted by molar-refractivity contribution is 6.34. The third kappa shape index (κ3) is 3.49. The summed E-state index contributed by atoms with van der Waals surface area (Å²) >= 11 is 11.9. The summed E-state index contributed by atoms with van der Waals surface area (Å²) in [5, 5.41) is 3.98. The van der Waals surface area contributed by atoms with E-state index in [1.54, 1.807) is 19.4 Å². The molecule has 6 heteroatoms. The van der Waals surface area contributed by atoms with E-state index in [2.05, 4.69) is 15.3 Å². The highest BCUT2D eigenvalue weighted by Crippen LogP contribution is 2.26. The van der Waals surface area contributed by atoms with Gasteiger partial charge < -0.3 is 10.1 Å². The van der Waals surface area contributed by atoms with Crippen LogP contribution in [0.5, 0.6) is 5.88 Å². The molecule has 19 heavy (non-hydrogen) atoms. The van der Waals surface area contributed by atoms with Gasteiger partial charge in [0.05, 0.1) is 12.8 Å². The van der Waals surface area contributed by atoms with Crippen molar-refractivity contribution >= 4 is 28.9 Å². The van der Waals surface area contributed by atoms with E-state index in [0.717, 1.165) is 16.8 Å². The Hall–Kier alpha value is -1.52. The first-order chi connectivity index (χ1) is 9.10. The van der Waals surface area contributed by atoms with Gasteiger partial charge in [-0.05, 0) is 24.1 Å². The van der Waals surface area contributed by atoms with Crippen molar-refractivity contribution in [1.82, 2.24) is 9.97 Å². The maximum atomic E-state index is 6.06. The largest absolute Gasteiger partial charge is 0.481 e. The average molecular weight is 298 g/mol. The van der Waals surface area contributed by atoms with Gasteiger partial charge in [0.15, 0.2) is 5.15 Å². The lowest BCUT2D eigenvalue weighted by Gasteiger charge is -2.11. The number of pyridine rings is 2. The lowest BCUT2D eigenvalue weighted by Crippen LogP contribution is -2.03. The predicted octanol–water partition coefficient (Wildman–Crippen LogP) is 3.71. The summed E-state index contributed by atoms with van der Waals surface area (Å²) in [7, 11) is 1.59. The molecular formula is C13H13Cl2N3O. The van der Waals surface area contributed by atoms with Crippen LogP contribution in [0.1, 0.15) is 11.1 Å². The van der Waals surface area contributed by atoms with E-state index in [9.17, 15) is 0 Å². The molecule has 1 N–H and O–H groups in total. The first kappa shape index (κ1) is 13.9. The lowest BCUT2D eigenvalue weighted by atomic mass is 10.2. The fourth-order valence-corrected chi connectivity index (χ4v) is 2.23. The number of aryl methyl sites for hydroxylation is 1. The van der Waals surface area contributed by atoms with Crippen molar-refractivity contribution in [1.29, 1.82) is 0 Å². The highest BCUT2D eigenvalue weighted by Gasteiger charge is 2.07. The van der Waals surface area contributed by atoms with Crippen LogP contribution in [-0.2, 0) is 6.54 Å². The van der Waals surface area contributed by atoms with Crippen molar-refractivity contribution in [3.63, 3.8) is 0 Å². The monoisotopic (exact) mass is 297 g/mol. The van der Waals surface area contributed by atoms with Crippen molar-refractivity contribution in [2.75, 3.05) is 12.4 Å². The molecule has 0 bridgehead atoms. The molecule has 100 valence electrons. The molecule has 0 radical (unpaired) electrons. The van der Waals surface area contributed by atoms with E-state index < -0.39 is 0 Å². The van der Waals surface area contributed by atoms with Crippen LogP contribution in [0.15, 0.2) is 24.4 Å². The van der Waals surface area contributed by atoms with Gasteiger partial charge in [-0.15, -0.1) is 0 Å². The van der Waals surface area contributed by atoms with E-state index in [-0.39, 0.29) is 0 Å². The Bertz CT molecular complexity index is 550. The topological polar surface area (TPSA) is 47.0 Å². The van der Waals surface area contributed by atoms with E-state index in [1.165, 1.54) is 0 Å². The molecule has 0 saturated carbocycles. The Morgan fingerprint density at radius 3 is 2.68 bits per heavy atom. The van der Waals surface area contributed by atoms with Crippen LogP contribution in [0, 0.1) is 6.92 Å². The van der Waals surface area contributed by atoms with Gasteiger partial charge >= 0.3 is 0 Å². The number of nitrogens with zero attached hydrogens (tertiary/aromatic N) is 2.